The fraction of sp³-hybridized carbons (Fsp3) is 0.375. The average Bonchev–Trinajstić information content (AvgIpc) is 2.63. The molecule has 1 amide bonds. The van der Waals surface area contributed by atoms with Crippen LogP contribution in [0.15, 0.2) is 16.9 Å². The van der Waals surface area contributed by atoms with Gasteiger partial charge in [0.25, 0.3) is 0 Å². The summed E-state index contributed by atoms with van der Waals surface area (Å²) in [7, 11) is 0. The molecule has 5 nitrogen and oxygen atoms in total. The van der Waals surface area contributed by atoms with Crippen LogP contribution in [0.4, 0.5) is 0 Å². The molecule has 0 aliphatic carbocycles. The maximum Gasteiger partial charge on any atom is 0.230 e. The van der Waals surface area contributed by atoms with Crippen molar-refractivity contribution >= 4 is 11.7 Å². The molecule has 0 atom stereocenters. The Labute approximate surface area is 74.3 Å². The van der Waals surface area contributed by atoms with Gasteiger partial charge in [-0.1, -0.05) is 5.16 Å². The highest BCUT2D eigenvalue weighted by molar-refractivity contribution is 6.05. The number of nitrogens with zero attached hydrogens (tertiary/aromatic N) is 2. The summed E-state index contributed by atoms with van der Waals surface area (Å²) in [6.45, 7) is 0.562. The average molecular weight is 180 g/mol. The molecule has 0 bridgehead atoms. The molecule has 2 heterocycles. The third-order valence-corrected chi connectivity index (χ3v) is 1.91. The van der Waals surface area contributed by atoms with Crippen molar-refractivity contribution in [2.75, 3.05) is 6.54 Å². The molecular formula is C8H8N2O3. The predicted octanol–water partition coefficient (Wildman–Crippen LogP) is -0.0240. The van der Waals surface area contributed by atoms with Gasteiger partial charge in [0.15, 0.2) is 5.78 Å². The van der Waals surface area contributed by atoms with E-state index in [9.17, 15) is 9.59 Å². The van der Waals surface area contributed by atoms with Crippen molar-refractivity contribution in [1.29, 1.82) is 0 Å². The molecule has 5 heteroatoms. The van der Waals surface area contributed by atoms with E-state index in [0.29, 0.717) is 12.2 Å². The van der Waals surface area contributed by atoms with E-state index >= 15 is 0 Å². The molecule has 1 saturated heterocycles. The quantitative estimate of drug-likeness (QED) is 0.600. The first-order chi connectivity index (χ1) is 6.25. The van der Waals surface area contributed by atoms with Crippen molar-refractivity contribution in [3.05, 3.63) is 18.0 Å². The van der Waals surface area contributed by atoms with E-state index in [-0.39, 0.29) is 24.7 Å². The van der Waals surface area contributed by atoms with Gasteiger partial charge in [0.05, 0.1) is 19.5 Å². The summed E-state index contributed by atoms with van der Waals surface area (Å²) in [6, 6.07) is 1.68. The minimum Gasteiger partial charge on any atom is -0.364 e. The van der Waals surface area contributed by atoms with Crippen molar-refractivity contribution in [2.45, 2.75) is 13.0 Å². The second kappa shape index (κ2) is 3.01. The standard InChI is InChI=1S/C8H8N2O3/c11-7-3-8(12)10(5-7)4-6-1-2-13-9-6/h1-2H,3-5H2. The van der Waals surface area contributed by atoms with Crippen LogP contribution in [-0.4, -0.2) is 28.3 Å². The van der Waals surface area contributed by atoms with Crippen molar-refractivity contribution in [1.82, 2.24) is 10.1 Å². The number of carbonyl (C=O) groups is 2. The Balaban J connectivity index is 2.03. The Hall–Kier alpha value is -1.65. The number of aromatic nitrogens is 1. The molecule has 1 fully saturated rings. The van der Waals surface area contributed by atoms with E-state index in [1.807, 2.05) is 0 Å². The van der Waals surface area contributed by atoms with Crippen LogP contribution in [0.25, 0.3) is 0 Å². The highest BCUT2D eigenvalue weighted by atomic mass is 16.5. The molecule has 1 aromatic heterocycles. The number of amides is 1. The molecule has 0 radical (unpaired) electrons. The number of Topliss-reactive ketones (excluding diaryl/α,β-unsaturated/α-hetero) is 1. The number of rotatable bonds is 2. The molecule has 2 rings (SSSR count). The predicted molar refractivity (Wildman–Crippen MR) is 41.5 cm³/mol. The van der Waals surface area contributed by atoms with Gasteiger partial charge in [-0.2, -0.15) is 0 Å². The highest BCUT2D eigenvalue weighted by Crippen LogP contribution is 2.10. The number of ketones is 1. The molecule has 68 valence electrons. The lowest BCUT2D eigenvalue weighted by molar-refractivity contribution is -0.128. The van der Waals surface area contributed by atoms with Crippen molar-refractivity contribution in [3.63, 3.8) is 0 Å². The van der Waals surface area contributed by atoms with Crippen LogP contribution < -0.4 is 0 Å². The van der Waals surface area contributed by atoms with E-state index in [1.54, 1.807) is 6.07 Å². The minimum atomic E-state index is -0.131. The maximum atomic E-state index is 11.2. The van der Waals surface area contributed by atoms with Gasteiger partial charge in [0.2, 0.25) is 5.91 Å². The normalized spacial score (nSPS) is 17.1. The Morgan fingerprint density at radius 2 is 2.38 bits per heavy atom. The number of hydrogen-bond acceptors (Lipinski definition) is 4. The van der Waals surface area contributed by atoms with E-state index in [4.69, 9.17) is 0 Å². The van der Waals surface area contributed by atoms with Gasteiger partial charge in [-0.25, -0.2) is 0 Å². The van der Waals surface area contributed by atoms with Crippen molar-refractivity contribution in [3.8, 4) is 0 Å². The van der Waals surface area contributed by atoms with Crippen LogP contribution in [0.2, 0.25) is 0 Å². The Morgan fingerprint density at radius 3 is 2.92 bits per heavy atom. The number of hydrogen-bond donors (Lipinski definition) is 0. The highest BCUT2D eigenvalue weighted by Gasteiger charge is 2.27. The zero-order chi connectivity index (χ0) is 9.26. The summed E-state index contributed by atoms with van der Waals surface area (Å²) in [5, 5.41) is 3.66. The zero-order valence-electron chi connectivity index (χ0n) is 6.90. The monoisotopic (exact) mass is 180 g/mol. The van der Waals surface area contributed by atoms with Gasteiger partial charge in [-0.3, -0.25) is 9.59 Å². The number of carbonyl (C=O) groups excluding carboxylic acids is 2. The lowest BCUT2D eigenvalue weighted by Crippen LogP contribution is -2.24. The second-order valence-electron chi connectivity index (χ2n) is 2.96. The third-order valence-electron chi connectivity index (χ3n) is 1.91. The van der Waals surface area contributed by atoms with Crippen LogP contribution >= 0.6 is 0 Å². The minimum absolute atomic E-state index is 0.0256. The first kappa shape index (κ1) is 7.97. The third kappa shape index (κ3) is 1.58. The van der Waals surface area contributed by atoms with Gasteiger partial charge < -0.3 is 9.42 Å². The maximum absolute atomic E-state index is 11.2. The fourth-order valence-corrected chi connectivity index (χ4v) is 1.30. The molecule has 0 saturated carbocycles. The Bertz CT molecular complexity index is 331. The molecule has 13 heavy (non-hydrogen) atoms. The van der Waals surface area contributed by atoms with Gasteiger partial charge in [-0.05, 0) is 0 Å². The topological polar surface area (TPSA) is 63.4 Å². The number of likely N-dealkylation sites (tertiary alicyclic amines) is 1. The largest absolute Gasteiger partial charge is 0.364 e. The second-order valence-corrected chi connectivity index (χ2v) is 2.96. The lowest BCUT2D eigenvalue weighted by atomic mass is 10.3. The molecular weight excluding hydrogens is 172 g/mol. The molecule has 0 aromatic carbocycles. The van der Waals surface area contributed by atoms with E-state index in [2.05, 4.69) is 9.68 Å². The molecule has 1 aromatic rings. The zero-order valence-corrected chi connectivity index (χ0v) is 6.90. The van der Waals surface area contributed by atoms with Crippen molar-refractivity contribution in [2.24, 2.45) is 0 Å². The Kier molecular flexibility index (Phi) is 1.84. The molecule has 0 unspecified atom stereocenters. The fourth-order valence-electron chi connectivity index (χ4n) is 1.30. The van der Waals surface area contributed by atoms with E-state index < -0.39 is 0 Å². The summed E-state index contributed by atoms with van der Waals surface area (Å²) in [5.74, 6) is -0.165. The van der Waals surface area contributed by atoms with Crippen molar-refractivity contribution < 1.29 is 14.1 Å². The van der Waals surface area contributed by atoms with Gasteiger partial charge in [-0.15, -0.1) is 0 Å². The van der Waals surface area contributed by atoms with Gasteiger partial charge in [0, 0.05) is 6.07 Å². The first-order valence-corrected chi connectivity index (χ1v) is 3.94. The van der Waals surface area contributed by atoms with Crippen LogP contribution in [0.5, 0.6) is 0 Å². The van der Waals surface area contributed by atoms with Crippen LogP contribution in [0, 0.1) is 0 Å². The SMILES string of the molecule is O=C1CC(=O)N(Cc2ccon2)C1. The summed E-state index contributed by atoms with van der Waals surface area (Å²) in [5.41, 5.74) is 0.669. The molecule has 1 aliphatic heterocycles. The summed E-state index contributed by atoms with van der Waals surface area (Å²) >= 11 is 0. The molecule has 1 aliphatic rings. The van der Waals surface area contributed by atoms with Crippen LogP contribution in [0.1, 0.15) is 12.1 Å². The smallest absolute Gasteiger partial charge is 0.230 e. The molecule has 0 N–H and O–H groups in total. The van der Waals surface area contributed by atoms with Gasteiger partial charge in [0.1, 0.15) is 12.0 Å². The van der Waals surface area contributed by atoms with E-state index in [0.717, 1.165) is 0 Å². The van der Waals surface area contributed by atoms with Crippen LogP contribution in [-0.2, 0) is 16.1 Å². The van der Waals surface area contributed by atoms with Gasteiger partial charge >= 0.3 is 0 Å². The first-order valence-electron chi connectivity index (χ1n) is 3.94. The van der Waals surface area contributed by atoms with E-state index in [1.165, 1.54) is 11.2 Å². The summed E-state index contributed by atoms with van der Waals surface area (Å²) < 4.78 is 4.61. The Morgan fingerprint density at radius 1 is 1.54 bits per heavy atom. The summed E-state index contributed by atoms with van der Waals surface area (Å²) in [4.78, 5) is 23.5. The van der Waals surface area contributed by atoms with Crippen LogP contribution in [0.3, 0.4) is 0 Å². The lowest BCUT2D eigenvalue weighted by Gasteiger charge is -2.11. The molecule has 0 spiro atoms. The summed E-state index contributed by atoms with van der Waals surface area (Å²) in [6.07, 6.45) is 1.47.